The van der Waals surface area contributed by atoms with Gasteiger partial charge in [0, 0.05) is 28.6 Å². The molecule has 0 unspecified atom stereocenters. The second-order valence-corrected chi connectivity index (χ2v) is 6.72. The van der Waals surface area contributed by atoms with Gasteiger partial charge in [-0.05, 0) is 41.6 Å². The van der Waals surface area contributed by atoms with E-state index in [0.717, 1.165) is 19.5 Å². The van der Waals surface area contributed by atoms with Crippen LogP contribution < -0.4 is 0 Å². The van der Waals surface area contributed by atoms with Gasteiger partial charge in [-0.15, -0.1) is 11.3 Å². The van der Waals surface area contributed by atoms with E-state index in [0.29, 0.717) is 22.2 Å². The number of benzene rings is 1. The monoisotopic (exact) mass is 325 g/mol. The lowest BCUT2D eigenvalue weighted by molar-refractivity contribution is 0.0922. The summed E-state index contributed by atoms with van der Waals surface area (Å²) in [5.74, 6) is 0.0466. The molecule has 0 amide bonds. The van der Waals surface area contributed by atoms with E-state index >= 15 is 0 Å². The highest BCUT2D eigenvalue weighted by molar-refractivity contribution is 7.10. The second-order valence-electron chi connectivity index (χ2n) is 4.88. The van der Waals surface area contributed by atoms with Gasteiger partial charge in [-0.3, -0.25) is 9.69 Å². The molecule has 0 atom stereocenters. The molecule has 0 fully saturated rings. The number of carbonyl (C=O) groups is 1. The van der Waals surface area contributed by atoms with Crippen molar-refractivity contribution < 1.29 is 4.79 Å². The summed E-state index contributed by atoms with van der Waals surface area (Å²) < 4.78 is 0. The van der Waals surface area contributed by atoms with Gasteiger partial charge in [0.25, 0.3) is 0 Å². The third-order valence-corrected chi connectivity index (χ3v) is 5.06. The Bertz CT molecular complexity index is 653. The zero-order valence-electron chi connectivity index (χ0n) is 10.7. The molecular formula is C15H13Cl2NOS. The fourth-order valence-corrected chi connectivity index (χ4v) is 3.85. The van der Waals surface area contributed by atoms with Crippen molar-refractivity contribution in [3.8, 4) is 0 Å². The lowest BCUT2D eigenvalue weighted by atomic mass is 10.1. The van der Waals surface area contributed by atoms with Crippen molar-refractivity contribution in [1.82, 2.24) is 4.90 Å². The maximum Gasteiger partial charge on any atom is 0.178 e. The maximum absolute atomic E-state index is 12.3. The molecule has 104 valence electrons. The molecule has 0 radical (unpaired) electrons. The summed E-state index contributed by atoms with van der Waals surface area (Å²) in [5.41, 5.74) is 1.89. The van der Waals surface area contributed by atoms with Gasteiger partial charge in [0.1, 0.15) is 0 Å². The number of hydrogen-bond acceptors (Lipinski definition) is 3. The van der Waals surface area contributed by atoms with Crippen LogP contribution >= 0.6 is 34.5 Å². The third kappa shape index (κ3) is 2.91. The zero-order chi connectivity index (χ0) is 14.1. The molecule has 0 aliphatic carbocycles. The molecule has 20 heavy (non-hydrogen) atoms. The summed E-state index contributed by atoms with van der Waals surface area (Å²) in [6.07, 6.45) is 1.02. The van der Waals surface area contributed by atoms with Crippen molar-refractivity contribution >= 4 is 40.3 Å². The quantitative estimate of drug-likeness (QED) is 0.784. The van der Waals surface area contributed by atoms with Crippen molar-refractivity contribution in [2.45, 2.75) is 13.0 Å². The van der Waals surface area contributed by atoms with Gasteiger partial charge in [0.05, 0.1) is 11.6 Å². The Labute approximate surface area is 131 Å². The van der Waals surface area contributed by atoms with Gasteiger partial charge in [-0.2, -0.15) is 0 Å². The molecule has 2 nitrogen and oxygen atoms in total. The Kier molecular flexibility index (Phi) is 4.13. The first-order valence-electron chi connectivity index (χ1n) is 6.39. The van der Waals surface area contributed by atoms with Gasteiger partial charge >= 0.3 is 0 Å². The molecule has 1 aliphatic heterocycles. The van der Waals surface area contributed by atoms with Crippen LogP contribution in [0.15, 0.2) is 29.6 Å². The summed E-state index contributed by atoms with van der Waals surface area (Å²) in [6.45, 7) is 2.16. The van der Waals surface area contributed by atoms with Crippen LogP contribution in [-0.2, 0) is 13.0 Å². The highest BCUT2D eigenvalue weighted by Gasteiger charge is 2.20. The van der Waals surface area contributed by atoms with Crippen LogP contribution in [-0.4, -0.2) is 23.8 Å². The Hall–Kier alpha value is -0.870. The van der Waals surface area contributed by atoms with Crippen LogP contribution in [0.5, 0.6) is 0 Å². The van der Waals surface area contributed by atoms with Crippen LogP contribution in [0.25, 0.3) is 0 Å². The molecule has 0 saturated carbocycles. The van der Waals surface area contributed by atoms with Crippen LogP contribution in [0, 0.1) is 0 Å². The van der Waals surface area contributed by atoms with E-state index in [1.165, 1.54) is 10.4 Å². The molecule has 2 heterocycles. The van der Waals surface area contributed by atoms with Crippen LogP contribution in [0.3, 0.4) is 0 Å². The fourth-order valence-electron chi connectivity index (χ4n) is 2.45. The number of carbonyl (C=O) groups excluding carboxylic acids is 1. The number of halogens is 2. The first kappa shape index (κ1) is 14.1. The minimum atomic E-state index is 0.0466. The number of nitrogens with zero attached hydrogens (tertiary/aromatic N) is 1. The average Bonchev–Trinajstić information content (AvgIpc) is 2.85. The minimum Gasteiger partial charge on any atom is -0.293 e. The smallest absolute Gasteiger partial charge is 0.178 e. The van der Waals surface area contributed by atoms with Crippen LogP contribution in [0.4, 0.5) is 0 Å². The van der Waals surface area contributed by atoms with Crippen LogP contribution in [0.2, 0.25) is 10.0 Å². The molecule has 0 bridgehead atoms. The predicted octanol–water partition coefficient (Wildman–Crippen LogP) is 4.30. The number of ketones is 1. The van der Waals surface area contributed by atoms with E-state index in [-0.39, 0.29) is 5.78 Å². The van der Waals surface area contributed by atoms with E-state index in [9.17, 15) is 4.79 Å². The Balaban J connectivity index is 1.71. The van der Waals surface area contributed by atoms with Gasteiger partial charge in [0.15, 0.2) is 5.78 Å². The molecular weight excluding hydrogens is 313 g/mol. The molecule has 1 aliphatic rings. The van der Waals surface area contributed by atoms with E-state index in [1.807, 2.05) is 0 Å². The van der Waals surface area contributed by atoms with Gasteiger partial charge in [-0.1, -0.05) is 23.2 Å². The summed E-state index contributed by atoms with van der Waals surface area (Å²) >= 11 is 13.7. The fraction of sp³-hybridized carbons (Fsp3) is 0.267. The average molecular weight is 326 g/mol. The Morgan fingerprint density at radius 2 is 2.15 bits per heavy atom. The predicted molar refractivity (Wildman–Crippen MR) is 84.1 cm³/mol. The highest BCUT2D eigenvalue weighted by atomic mass is 35.5. The summed E-state index contributed by atoms with van der Waals surface area (Å²) in [5, 5.41) is 3.09. The first-order valence-corrected chi connectivity index (χ1v) is 8.03. The van der Waals surface area contributed by atoms with Crippen molar-refractivity contribution in [2.75, 3.05) is 13.1 Å². The molecule has 0 saturated heterocycles. The van der Waals surface area contributed by atoms with Crippen molar-refractivity contribution in [3.05, 3.63) is 55.7 Å². The zero-order valence-corrected chi connectivity index (χ0v) is 13.1. The first-order chi connectivity index (χ1) is 9.63. The van der Waals surface area contributed by atoms with Crippen molar-refractivity contribution in [2.24, 2.45) is 0 Å². The molecule has 1 aromatic carbocycles. The topological polar surface area (TPSA) is 20.3 Å². The van der Waals surface area contributed by atoms with Crippen molar-refractivity contribution in [3.63, 3.8) is 0 Å². The van der Waals surface area contributed by atoms with E-state index in [4.69, 9.17) is 23.2 Å². The largest absolute Gasteiger partial charge is 0.293 e. The molecule has 2 aromatic rings. The summed E-state index contributed by atoms with van der Waals surface area (Å²) in [4.78, 5) is 15.9. The van der Waals surface area contributed by atoms with Gasteiger partial charge in [0.2, 0.25) is 0 Å². The molecule has 5 heteroatoms. The van der Waals surface area contributed by atoms with Gasteiger partial charge < -0.3 is 0 Å². The molecule has 0 N–H and O–H groups in total. The van der Waals surface area contributed by atoms with Gasteiger partial charge in [-0.25, -0.2) is 0 Å². The Morgan fingerprint density at radius 1 is 1.30 bits per heavy atom. The highest BCUT2D eigenvalue weighted by Crippen LogP contribution is 2.25. The number of thiophene rings is 1. The van der Waals surface area contributed by atoms with E-state index in [2.05, 4.69) is 16.3 Å². The lowest BCUT2D eigenvalue weighted by Gasteiger charge is -2.26. The van der Waals surface area contributed by atoms with Crippen molar-refractivity contribution in [1.29, 1.82) is 0 Å². The number of Topliss-reactive ketones (excluding diaryl/α,β-unsaturated/α-hetero) is 1. The summed E-state index contributed by atoms with van der Waals surface area (Å²) in [7, 11) is 0. The molecule has 1 aromatic heterocycles. The standard InChI is InChI=1S/C15H13Cl2NOS/c16-11-1-2-12(13(17)7-11)14(19)9-18-5-3-15-10(8-18)4-6-20-15/h1-2,4,6-7H,3,5,8-9H2. The SMILES string of the molecule is O=C(CN1CCc2sccc2C1)c1ccc(Cl)cc1Cl. The normalized spacial score (nSPS) is 15.1. The number of fused-ring (bicyclic) bond motifs is 1. The Morgan fingerprint density at radius 3 is 2.95 bits per heavy atom. The number of rotatable bonds is 3. The summed E-state index contributed by atoms with van der Waals surface area (Å²) in [6, 6.07) is 7.16. The third-order valence-electron chi connectivity index (χ3n) is 3.49. The second kappa shape index (κ2) is 5.86. The lowest BCUT2D eigenvalue weighted by Crippen LogP contribution is -2.34. The molecule has 0 spiro atoms. The van der Waals surface area contributed by atoms with E-state index in [1.54, 1.807) is 29.5 Å². The number of hydrogen-bond donors (Lipinski definition) is 0. The minimum absolute atomic E-state index is 0.0466. The molecule has 3 rings (SSSR count). The van der Waals surface area contributed by atoms with E-state index < -0.39 is 0 Å². The maximum atomic E-state index is 12.3. The van der Waals surface area contributed by atoms with Crippen LogP contribution in [0.1, 0.15) is 20.8 Å².